The fraction of sp³-hybridized carbons (Fsp3) is 0.414. The van der Waals surface area contributed by atoms with Crippen LogP contribution in [0.5, 0.6) is 11.5 Å². The van der Waals surface area contributed by atoms with E-state index in [1.165, 1.54) is 127 Å². The summed E-state index contributed by atoms with van der Waals surface area (Å²) in [4.78, 5) is 0. The summed E-state index contributed by atoms with van der Waals surface area (Å²) in [5.41, 5.74) is 9.09. The van der Waals surface area contributed by atoms with Gasteiger partial charge in [0.2, 0.25) is 0 Å². The normalized spacial score (nSPS) is 11.5. The Labute approximate surface area is 392 Å². The van der Waals surface area contributed by atoms with Crippen LogP contribution >= 0.6 is 31.9 Å². The first kappa shape index (κ1) is 49.2. The number of ether oxygens (including phenoxy) is 2. The van der Waals surface area contributed by atoms with Crippen LogP contribution in [0.1, 0.15) is 165 Å². The van der Waals surface area contributed by atoms with Crippen molar-refractivity contribution in [1.82, 2.24) is 0 Å². The SMILES string of the molecule is CCCCCCCCCCCCOc1cc(-c2ccc(/C=C/c3ccc(Br)cc3)cc2)c(OCCCCCCCCCCCC)cc1-c1ccc(/C=C/c2ccc(Br)cc2)cc1. The zero-order valence-electron chi connectivity index (χ0n) is 37.8. The van der Waals surface area contributed by atoms with Crippen LogP contribution in [0.25, 0.3) is 46.6 Å². The van der Waals surface area contributed by atoms with Gasteiger partial charge in [-0.15, -0.1) is 0 Å². The molecule has 0 saturated carbocycles. The van der Waals surface area contributed by atoms with Crippen LogP contribution in [0, 0.1) is 0 Å². The molecule has 5 aromatic rings. The lowest BCUT2D eigenvalue weighted by molar-refractivity contribution is 0.298. The van der Waals surface area contributed by atoms with Crippen LogP contribution in [0.4, 0.5) is 0 Å². The lowest BCUT2D eigenvalue weighted by Gasteiger charge is -2.19. The number of rotatable bonds is 30. The van der Waals surface area contributed by atoms with E-state index in [9.17, 15) is 0 Å². The topological polar surface area (TPSA) is 18.5 Å². The molecule has 5 aromatic carbocycles. The molecule has 0 aliphatic rings. The summed E-state index contributed by atoms with van der Waals surface area (Å²) >= 11 is 7.10. The van der Waals surface area contributed by atoms with Gasteiger partial charge in [-0.2, -0.15) is 0 Å². The standard InChI is InChI=1S/C58H72Br2O2/c1-3-5-7-9-11-13-15-17-19-21-43-61-57-45-56(52-37-29-48(30-38-52)24-26-50-33-41-54(60)42-34-50)58(62-44-22-20-18-16-14-12-10-8-6-4-2)46-55(57)51-35-27-47(28-36-51)23-25-49-31-39-53(59)40-32-49/h23-42,45-46H,3-22,43-44H2,1-2H3/b25-23+,26-24+. The first-order chi connectivity index (χ1) is 30.5. The molecule has 0 unspecified atom stereocenters. The highest BCUT2D eigenvalue weighted by Gasteiger charge is 2.16. The minimum absolute atomic E-state index is 0.704. The monoisotopic (exact) mass is 958 g/mol. The Morgan fingerprint density at radius 3 is 0.887 bits per heavy atom. The van der Waals surface area contributed by atoms with Gasteiger partial charge in [0.1, 0.15) is 11.5 Å². The van der Waals surface area contributed by atoms with Gasteiger partial charge in [0.25, 0.3) is 0 Å². The number of halogens is 2. The summed E-state index contributed by atoms with van der Waals surface area (Å²) in [6.45, 7) is 5.99. The third-order valence-corrected chi connectivity index (χ3v) is 12.8. The summed E-state index contributed by atoms with van der Waals surface area (Å²) in [6.07, 6.45) is 34.8. The molecule has 5 rings (SSSR count). The third kappa shape index (κ3) is 18.5. The second kappa shape index (κ2) is 29.5. The van der Waals surface area contributed by atoms with Gasteiger partial charge in [-0.25, -0.2) is 0 Å². The van der Waals surface area contributed by atoms with E-state index in [1.807, 2.05) is 0 Å². The lowest BCUT2D eigenvalue weighted by Crippen LogP contribution is -2.03. The van der Waals surface area contributed by atoms with Crippen molar-refractivity contribution in [2.75, 3.05) is 13.2 Å². The predicted molar refractivity (Wildman–Crippen MR) is 278 cm³/mol. The van der Waals surface area contributed by atoms with Gasteiger partial charge in [0.05, 0.1) is 13.2 Å². The Bertz CT molecular complexity index is 1860. The summed E-state index contributed by atoms with van der Waals surface area (Å²) in [5.74, 6) is 1.83. The molecule has 0 fully saturated rings. The van der Waals surface area contributed by atoms with Crippen molar-refractivity contribution in [2.45, 2.75) is 142 Å². The second-order valence-electron chi connectivity index (χ2n) is 16.9. The fourth-order valence-corrected chi connectivity index (χ4v) is 8.40. The van der Waals surface area contributed by atoms with Gasteiger partial charge in [0, 0.05) is 20.1 Å². The summed E-state index contributed by atoms with van der Waals surface area (Å²) in [6, 6.07) is 39.0. The van der Waals surface area contributed by atoms with Crippen molar-refractivity contribution in [2.24, 2.45) is 0 Å². The fourth-order valence-electron chi connectivity index (χ4n) is 7.87. The van der Waals surface area contributed by atoms with Crippen LogP contribution in [0.15, 0.2) is 118 Å². The average molecular weight is 961 g/mol. The van der Waals surface area contributed by atoms with Gasteiger partial charge in [-0.3, -0.25) is 0 Å². The maximum atomic E-state index is 6.77. The Hall–Kier alpha value is -3.86. The largest absolute Gasteiger partial charge is 0.493 e. The predicted octanol–water partition coefficient (Wildman–Crippen LogP) is 19.5. The zero-order valence-corrected chi connectivity index (χ0v) is 41.0. The van der Waals surface area contributed by atoms with Crippen LogP contribution in [0.2, 0.25) is 0 Å². The second-order valence-corrected chi connectivity index (χ2v) is 18.8. The minimum Gasteiger partial charge on any atom is -0.493 e. The van der Waals surface area contributed by atoms with E-state index < -0.39 is 0 Å². The summed E-state index contributed by atoms with van der Waals surface area (Å²) in [5, 5.41) is 0. The van der Waals surface area contributed by atoms with Gasteiger partial charge < -0.3 is 9.47 Å². The van der Waals surface area contributed by atoms with E-state index in [-0.39, 0.29) is 0 Å². The quantitative estimate of drug-likeness (QED) is 0.0337. The molecule has 0 spiro atoms. The van der Waals surface area contributed by atoms with Crippen molar-refractivity contribution in [3.05, 3.63) is 140 Å². The Balaban J connectivity index is 1.34. The van der Waals surface area contributed by atoms with Crippen molar-refractivity contribution >= 4 is 56.2 Å². The van der Waals surface area contributed by atoms with Gasteiger partial charge in [0.15, 0.2) is 0 Å². The van der Waals surface area contributed by atoms with E-state index in [0.717, 1.165) is 66.7 Å². The minimum atomic E-state index is 0.704. The van der Waals surface area contributed by atoms with Crippen LogP contribution < -0.4 is 9.47 Å². The lowest BCUT2D eigenvalue weighted by atomic mass is 9.96. The highest BCUT2D eigenvalue weighted by Crippen LogP contribution is 2.42. The van der Waals surface area contributed by atoms with Crippen LogP contribution in [0.3, 0.4) is 0 Å². The smallest absolute Gasteiger partial charge is 0.128 e. The van der Waals surface area contributed by atoms with Crippen LogP contribution in [-0.4, -0.2) is 13.2 Å². The van der Waals surface area contributed by atoms with Gasteiger partial charge in [-0.1, -0.05) is 258 Å². The van der Waals surface area contributed by atoms with E-state index in [0.29, 0.717) is 13.2 Å². The Morgan fingerprint density at radius 1 is 0.339 bits per heavy atom. The molecule has 330 valence electrons. The van der Waals surface area contributed by atoms with Crippen molar-refractivity contribution in [3.63, 3.8) is 0 Å². The molecule has 0 aromatic heterocycles. The number of benzene rings is 5. The highest BCUT2D eigenvalue weighted by molar-refractivity contribution is 9.10. The number of hydrogen-bond acceptors (Lipinski definition) is 2. The maximum Gasteiger partial charge on any atom is 0.128 e. The highest BCUT2D eigenvalue weighted by atomic mass is 79.9. The van der Waals surface area contributed by atoms with E-state index in [4.69, 9.17) is 9.47 Å². The molecule has 0 radical (unpaired) electrons. The molecule has 0 aliphatic carbocycles. The number of hydrogen-bond donors (Lipinski definition) is 0. The molecule has 0 atom stereocenters. The third-order valence-electron chi connectivity index (χ3n) is 11.7. The van der Waals surface area contributed by atoms with E-state index >= 15 is 0 Å². The van der Waals surface area contributed by atoms with Crippen molar-refractivity contribution in [3.8, 4) is 33.8 Å². The van der Waals surface area contributed by atoms with Gasteiger partial charge >= 0.3 is 0 Å². The average Bonchev–Trinajstić information content (AvgIpc) is 3.30. The Morgan fingerprint density at radius 2 is 0.597 bits per heavy atom. The zero-order chi connectivity index (χ0) is 43.5. The van der Waals surface area contributed by atoms with Crippen LogP contribution in [-0.2, 0) is 0 Å². The molecule has 0 bridgehead atoms. The number of unbranched alkanes of at least 4 members (excludes halogenated alkanes) is 18. The Kier molecular flexibility index (Phi) is 23.4. The summed E-state index contributed by atoms with van der Waals surface area (Å²) in [7, 11) is 0. The molecule has 62 heavy (non-hydrogen) atoms. The molecule has 0 N–H and O–H groups in total. The molecule has 0 saturated heterocycles. The van der Waals surface area contributed by atoms with Crippen molar-refractivity contribution in [1.29, 1.82) is 0 Å². The molecular formula is C58H72Br2O2. The van der Waals surface area contributed by atoms with Crippen molar-refractivity contribution < 1.29 is 9.47 Å². The van der Waals surface area contributed by atoms with E-state index in [1.54, 1.807) is 0 Å². The summed E-state index contributed by atoms with van der Waals surface area (Å²) < 4.78 is 15.7. The molecule has 0 aliphatic heterocycles. The molecule has 0 heterocycles. The molecule has 0 amide bonds. The molecule has 4 heteroatoms. The first-order valence-corrected chi connectivity index (χ1v) is 25.6. The molecular weight excluding hydrogens is 888 g/mol. The molecule has 2 nitrogen and oxygen atoms in total. The maximum absolute atomic E-state index is 6.77. The van der Waals surface area contributed by atoms with Gasteiger partial charge in [-0.05, 0) is 82.6 Å². The first-order valence-electron chi connectivity index (χ1n) is 24.0. The van der Waals surface area contributed by atoms with E-state index in [2.05, 4.69) is 179 Å².